The molecular weight excluding hydrogens is 228 g/mol. The van der Waals surface area contributed by atoms with Gasteiger partial charge in [0, 0.05) is 5.56 Å². The maximum absolute atomic E-state index is 4.44. The van der Waals surface area contributed by atoms with Gasteiger partial charge >= 0.3 is 0 Å². The van der Waals surface area contributed by atoms with E-state index in [9.17, 15) is 0 Å². The number of nitrogens with one attached hydrogen (secondary N) is 1. The highest BCUT2D eigenvalue weighted by Crippen LogP contribution is 2.15. The predicted molar refractivity (Wildman–Crippen MR) is 65.7 cm³/mol. The Balaban J connectivity index is 1.85. The molecule has 0 atom stereocenters. The minimum Gasteiger partial charge on any atom is -0.261 e. The minimum atomic E-state index is 0.540. The Bertz CT molecular complexity index is 640. The van der Waals surface area contributed by atoms with Crippen molar-refractivity contribution >= 4 is 0 Å². The summed E-state index contributed by atoms with van der Waals surface area (Å²) in [7, 11) is 0. The van der Waals surface area contributed by atoms with Crippen molar-refractivity contribution in [2.75, 3.05) is 0 Å². The highest BCUT2D eigenvalue weighted by Gasteiger charge is 2.06. The Labute approximate surface area is 104 Å². The smallest absolute Gasteiger partial charge is 0.181 e. The van der Waals surface area contributed by atoms with Crippen LogP contribution in [0.4, 0.5) is 0 Å². The molecule has 0 amide bonds. The average molecular weight is 240 g/mol. The van der Waals surface area contributed by atoms with Gasteiger partial charge in [-0.25, -0.2) is 14.6 Å². The van der Waals surface area contributed by atoms with Crippen molar-refractivity contribution in [3.05, 3.63) is 48.3 Å². The summed E-state index contributed by atoms with van der Waals surface area (Å²) in [5.41, 5.74) is 2.20. The van der Waals surface area contributed by atoms with Crippen LogP contribution in [0.2, 0.25) is 0 Å². The third kappa shape index (κ3) is 2.13. The van der Waals surface area contributed by atoms with Gasteiger partial charge in [0.2, 0.25) is 0 Å². The van der Waals surface area contributed by atoms with Crippen LogP contribution < -0.4 is 0 Å². The molecule has 6 nitrogen and oxygen atoms in total. The van der Waals surface area contributed by atoms with Gasteiger partial charge in [-0.1, -0.05) is 23.8 Å². The fourth-order valence-electron chi connectivity index (χ4n) is 1.75. The van der Waals surface area contributed by atoms with E-state index in [1.807, 2.05) is 25.1 Å². The van der Waals surface area contributed by atoms with Crippen LogP contribution >= 0.6 is 0 Å². The summed E-state index contributed by atoms with van der Waals surface area (Å²) >= 11 is 0. The molecular formula is C12H12N6. The summed E-state index contributed by atoms with van der Waals surface area (Å²) in [6.45, 7) is 2.59. The maximum Gasteiger partial charge on any atom is 0.181 e. The van der Waals surface area contributed by atoms with Gasteiger partial charge in [-0.3, -0.25) is 5.10 Å². The molecule has 0 unspecified atom stereocenters. The minimum absolute atomic E-state index is 0.540. The van der Waals surface area contributed by atoms with Crippen molar-refractivity contribution in [1.29, 1.82) is 0 Å². The zero-order chi connectivity index (χ0) is 12.4. The molecule has 1 aromatic carbocycles. The van der Waals surface area contributed by atoms with E-state index in [1.54, 1.807) is 11.0 Å². The second kappa shape index (κ2) is 4.40. The molecule has 0 bridgehead atoms. The standard InChI is InChI=1S/C12H12N6/c1-9-3-2-4-10(5-9)12-15-11(16-17-12)6-18-8-13-7-14-18/h2-5,7-8H,6H2,1H3,(H,15,16,17). The summed E-state index contributed by atoms with van der Waals surface area (Å²) in [5.74, 6) is 1.46. The van der Waals surface area contributed by atoms with Gasteiger partial charge in [0.1, 0.15) is 25.0 Å². The summed E-state index contributed by atoms with van der Waals surface area (Å²) in [6, 6.07) is 8.10. The van der Waals surface area contributed by atoms with Crippen LogP contribution in [0.1, 0.15) is 11.4 Å². The van der Waals surface area contributed by atoms with Gasteiger partial charge < -0.3 is 0 Å². The molecule has 0 fully saturated rings. The van der Waals surface area contributed by atoms with Gasteiger partial charge in [-0.15, -0.1) is 0 Å². The third-order valence-corrected chi connectivity index (χ3v) is 2.59. The number of aromatic nitrogens is 6. The lowest BCUT2D eigenvalue weighted by molar-refractivity contribution is 0.656. The highest BCUT2D eigenvalue weighted by atomic mass is 15.3. The lowest BCUT2D eigenvalue weighted by Crippen LogP contribution is -2.01. The number of aryl methyl sites for hydroxylation is 1. The molecule has 0 aliphatic heterocycles. The molecule has 1 N–H and O–H groups in total. The molecule has 0 aliphatic rings. The van der Waals surface area contributed by atoms with Gasteiger partial charge in [-0.2, -0.15) is 10.2 Å². The lowest BCUT2D eigenvalue weighted by Gasteiger charge is -1.96. The topological polar surface area (TPSA) is 72.3 Å². The van der Waals surface area contributed by atoms with Crippen LogP contribution in [0.25, 0.3) is 11.4 Å². The van der Waals surface area contributed by atoms with Gasteiger partial charge in [-0.05, 0) is 13.0 Å². The Hall–Kier alpha value is -2.50. The van der Waals surface area contributed by atoms with E-state index in [1.165, 1.54) is 11.9 Å². The second-order valence-electron chi connectivity index (χ2n) is 4.07. The SMILES string of the molecule is Cc1cccc(-c2n[nH]c(Cn3cncn3)n2)c1. The zero-order valence-corrected chi connectivity index (χ0v) is 9.91. The van der Waals surface area contributed by atoms with E-state index >= 15 is 0 Å². The first kappa shape index (κ1) is 10.6. The van der Waals surface area contributed by atoms with Crippen LogP contribution in [0, 0.1) is 6.92 Å². The van der Waals surface area contributed by atoms with Crippen LogP contribution in [0.3, 0.4) is 0 Å². The predicted octanol–water partition coefficient (Wildman–Crippen LogP) is 1.42. The summed E-state index contributed by atoms with van der Waals surface area (Å²) in [5, 5.41) is 11.1. The van der Waals surface area contributed by atoms with E-state index in [0.717, 1.165) is 11.4 Å². The van der Waals surface area contributed by atoms with Crippen molar-refractivity contribution < 1.29 is 0 Å². The normalized spacial score (nSPS) is 10.7. The van der Waals surface area contributed by atoms with Crippen molar-refractivity contribution in [2.24, 2.45) is 0 Å². The largest absolute Gasteiger partial charge is 0.261 e. The number of hydrogen-bond acceptors (Lipinski definition) is 4. The van der Waals surface area contributed by atoms with Gasteiger partial charge in [0.25, 0.3) is 0 Å². The number of aromatic amines is 1. The van der Waals surface area contributed by atoms with Crippen LogP contribution in [0.15, 0.2) is 36.9 Å². The molecule has 0 radical (unpaired) electrons. The van der Waals surface area contributed by atoms with E-state index in [-0.39, 0.29) is 0 Å². The van der Waals surface area contributed by atoms with Crippen molar-refractivity contribution in [3.8, 4) is 11.4 Å². The first-order chi connectivity index (χ1) is 8.81. The molecule has 0 saturated carbocycles. The third-order valence-electron chi connectivity index (χ3n) is 2.59. The molecule has 90 valence electrons. The quantitative estimate of drug-likeness (QED) is 0.751. The summed E-state index contributed by atoms with van der Waals surface area (Å²) in [6.07, 6.45) is 3.15. The number of rotatable bonds is 3. The van der Waals surface area contributed by atoms with Gasteiger partial charge in [0.05, 0.1) is 0 Å². The molecule has 0 aliphatic carbocycles. The maximum atomic E-state index is 4.44. The number of hydrogen-bond donors (Lipinski definition) is 1. The Morgan fingerprint density at radius 1 is 1.33 bits per heavy atom. The molecule has 2 aromatic heterocycles. The number of H-pyrrole nitrogens is 1. The first-order valence-electron chi connectivity index (χ1n) is 5.62. The van der Waals surface area contributed by atoms with E-state index < -0.39 is 0 Å². The molecule has 0 saturated heterocycles. The number of nitrogens with zero attached hydrogens (tertiary/aromatic N) is 5. The van der Waals surface area contributed by atoms with Crippen molar-refractivity contribution in [1.82, 2.24) is 29.9 Å². The highest BCUT2D eigenvalue weighted by molar-refractivity contribution is 5.55. The fraction of sp³-hybridized carbons (Fsp3) is 0.167. The van der Waals surface area contributed by atoms with Gasteiger partial charge in [0.15, 0.2) is 5.82 Å². The lowest BCUT2D eigenvalue weighted by atomic mass is 10.1. The zero-order valence-electron chi connectivity index (χ0n) is 9.91. The van der Waals surface area contributed by atoms with Crippen LogP contribution in [-0.4, -0.2) is 29.9 Å². The van der Waals surface area contributed by atoms with Crippen LogP contribution in [0.5, 0.6) is 0 Å². The molecule has 3 aromatic rings. The Morgan fingerprint density at radius 2 is 2.28 bits per heavy atom. The van der Waals surface area contributed by atoms with E-state index in [2.05, 4.69) is 31.3 Å². The average Bonchev–Trinajstić information content (AvgIpc) is 3.01. The van der Waals surface area contributed by atoms with E-state index in [0.29, 0.717) is 12.4 Å². The summed E-state index contributed by atoms with van der Waals surface area (Å²) in [4.78, 5) is 8.33. The Morgan fingerprint density at radius 3 is 3.06 bits per heavy atom. The van der Waals surface area contributed by atoms with Crippen molar-refractivity contribution in [2.45, 2.75) is 13.5 Å². The Kier molecular flexibility index (Phi) is 2.60. The summed E-state index contributed by atoms with van der Waals surface area (Å²) < 4.78 is 1.69. The molecule has 0 spiro atoms. The molecule has 2 heterocycles. The molecule has 6 heteroatoms. The number of benzene rings is 1. The second-order valence-corrected chi connectivity index (χ2v) is 4.07. The fourth-order valence-corrected chi connectivity index (χ4v) is 1.75. The molecule has 3 rings (SSSR count). The van der Waals surface area contributed by atoms with E-state index in [4.69, 9.17) is 0 Å². The monoisotopic (exact) mass is 240 g/mol. The van der Waals surface area contributed by atoms with Crippen molar-refractivity contribution in [3.63, 3.8) is 0 Å². The van der Waals surface area contributed by atoms with Crippen LogP contribution in [-0.2, 0) is 6.54 Å². The first-order valence-corrected chi connectivity index (χ1v) is 5.62. The molecule has 18 heavy (non-hydrogen) atoms.